The van der Waals surface area contributed by atoms with Gasteiger partial charge in [0.1, 0.15) is 0 Å². The van der Waals surface area contributed by atoms with Gasteiger partial charge >= 0.3 is 0 Å². The average Bonchev–Trinajstić information content (AvgIpc) is 3.03. The molecule has 0 bridgehead atoms. The van der Waals surface area contributed by atoms with Gasteiger partial charge in [0.05, 0.1) is 6.04 Å². The summed E-state index contributed by atoms with van der Waals surface area (Å²) in [6.07, 6.45) is 3.84. The van der Waals surface area contributed by atoms with Crippen LogP contribution in [0.1, 0.15) is 46.5 Å². The van der Waals surface area contributed by atoms with E-state index < -0.39 is 0 Å². The fraction of sp³-hybridized carbons (Fsp3) is 0.412. The Kier molecular flexibility index (Phi) is 3.72. The molecule has 0 aliphatic heterocycles. The molecule has 1 aromatic heterocycles. The predicted molar refractivity (Wildman–Crippen MR) is 83.0 cm³/mol. The zero-order chi connectivity index (χ0) is 13.2. The summed E-state index contributed by atoms with van der Waals surface area (Å²) in [5, 5.41) is 5.84. The van der Waals surface area contributed by atoms with E-state index in [0.29, 0.717) is 6.04 Å². The summed E-state index contributed by atoms with van der Waals surface area (Å²) in [6, 6.07) is 9.69. The van der Waals surface area contributed by atoms with Crippen LogP contribution in [-0.2, 0) is 12.8 Å². The maximum atomic E-state index is 3.64. The molecular weight excluding hydrogens is 250 g/mol. The molecule has 0 fully saturated rings. The van der Waals surface area contributed by atoms with Gasteiger partial charge < -0.3 is 5.32 Å². The van der Waals surface area contributed by atoms with E-state index in [9.17, 15) is 0 Å². The number of benzene rings is 1. The zero-order valence-corrected chi connectivity index (χ0v) is 12.5. The van der Waals surface area contributed by atoms with Crippen molar-refractivity contribution in [3.05, 3.63) is 56.8 Å². The van der Waals surface area contributed by atoms with Crippen LogP contribution in [0.5, 0.6) is 0 Å². The van der Waals surface area contributed by atoms with Crippen LogP contribution in [-0.4, -0.2) is 6.54 Å². The smallest absolute Gasteiger partial charge is 0.0587 e. The topological polar surface area (TPSA) is 12.0 Å². The summed E-state index contributed by atoms with van der Waals surface area (Å²) in [4.78, 5) is 1.42. The van der Waals surface area contributed by atoms with Crippen molar-refractivity contribution in [2.24, 2.45) is 0 Å². The summed E-state index contributed by atoms with van der Waals surface area (Å²) in [6.45, 7) is 5.40. The highest BCUT2D eigenvalue weighted by Crippen LogP contribution is 2.31. The molecule has 19 heavy (non-hydrogen) atoms. The first-order valence-electron chi connectivity index (χ1n) is 7.18. The summed E-state index contributed by atoms with van der Waals surface area (Å²) in [5.41, 5.74) is 5.98. The molecule has 1 N–H and O–H groups in total. The van der Waals surface area contributed by atoms with Gasteiger partial charge in [-0.05, 0) is 66.4 Å². The molecule has 1 unspecified atom stereocenters. The zero-order valence-electron chi connectivity index (χ0n) is 11.7. The minimum Gasteiger partial charge on any atom is -0.306 e. The molecule has 0 spiro atoms. The number of hydrogen-bond donors (Lipinski definition) is 1. The van der Waals surface area contributed by atoms with E-state index in [1.165, 1.54) is 35.3 Å². The quantitative estimate of drug-likeness (QED) is 0.877. The van der Waals surface area contributed by atoms with Crippen molar-refractivity contribution in [3.8, 4) is 0 Å². The van der Waals surface area contributed by atoms with Crippen molar-refractivity contribution >= 4 is 11.3 Å². The fourth-order valence-corrected chi connectivity index (χ4v) is 3.82. The highest BCUT2D eigenvalue weighted by Gasteiger charge is 2.18. The first-order valence-corrected chi connectivity index (χ1v) is 8.06. The highest BCUT2D eigenvalue weighted by atomic mass is 32.1. The summed E-state index contributed by atoms with van der Waals surface area (Å²) >= 11 is 1.84. The maximum Gasteiger partial charge on any atom is 0.0587 e. The van der Waals surface area contributed by atoms with Crippen molar-refractivity contribution in [1.82, 2.24) is 5.32 Å². The van der Waals surface area contributed by atoms with Crippen LogP contribution in [0.3, 0.4) is 0 Å². The van der Waals surface area contributed by atoms with Gasteiger partial charge in [-0.2, -0.15) is 0 Å². The van der Waals surface area contributed by atoms with Gasteiger partial charge in [-0.25, -0.2) is 0 Å². The molecule has 2 heteroatoms. The van der Waals surface area contributed by atoms with E-state index in [-0.39, 0.29) is 0 Å². The van der Waals surface area contributed by atoms with Gasteiger partial charge in [0.25, 0.3) is 0 Å². The van der Waals surface area contributed by atoms with Gasteiger partial charge in [0.2, 0.25) is 0 Å². The lowest BCUT2D eigenvalue weighted by molar-refractivity contribution is 0.629. The van der Waals surface area contributed by atoms with Gasteiger partial charge in [-0.15, -0.1) is 11.3 Å². The Morgan fingerprint density at radius 2 is 2.05 bits per heavy atom. The third-order valence-corrected chi connectivity index (χ3v) is 4.94. The van der Waals surface area contributed by atoms with E-state index in [1.54, 1.807) is 11.1 Å². The molecule has 3 rings (SSSR count). The lowest BCUT2D eigenvalue weighted by Crippen LogP contribution is -2.22. The Hall–Kier alpha value is -1.12. The largest absolute Gasteiger partial charge is 0.306 e. The standard InChI is InChI=1S/C17H21NS/c1-3-18-17(16-9-10-19-12(16)2)15-8-7-13-5-4-6-14(13)11-15/h7-11,17-18H,3-6H2,1-2H3. The van der Waals surface area contributed by atoms with Crippen LogP contribution >= 0.6 is 11.3 Å². The first kappa shape index (κ1) is 12.9. The molecule has 0 saturated carbocycles. The van der Waals surface area contributed by atoms with Crippen LogP contribution < -0.4 is 5.32 Å². The molecule has 0 radical (unpaired) electrons. The van der Waals surface area contributed by atoms with Gasteiger partial charge in [0.15, 0.2) is 0 Å². The molecule has 1 aliphatic rings. The molecule has 100 valence electrons. The van der Waals surface area contributed by atoms with E-state index in [0.717, 1.165) is 6.54 Å². The maximum absolute atomic E-state index is 3.64. The number of thiophene rings is 1. The number of aryl methyl sites for hydroxylation is 3. The normalized spacial score (nSPS) is 15.5. The van der Waals surface area contributed by atoms with E-state index >= 15 is 0 Å². The number of fused-ring (bicyclic) bond motifs is 1. The fourth-order valence-electron chi connectivity index (χ4n) is 3.08. The van der Waals surface area contributed by atoms with Gasteiger partial charge in [-0.1, -0.05) is 25.1 Å². The second kappa shape index (κ2) is 5.48. The third kappa shape index (κ3) is 2.47. The number of rotatable bonds is 4. The Morgan fingerprint density at radius 1 is 1.21 bits per heavy atom. The van der Waals surface area contributed by atoms with Crippen LogP contribution in [0, 0.1) is 6.92 Å². The highest BCUT2D eigenvalue weighted by molar-refractivity contribution is 7.10. The van der Waals surface area contributed by atoms with Crippen molar-refractivity contribution in [3.63, 3.8) is 0 Å². The minimum atomic E-state index is 0.349. The van der Waals surface area contributed by atoms with Crippen LogP contribution in [0.4, 0.5) is 0 Å². The second-order valence-corrected chi connectivity index (χ2v) is 6.42. The SMILES string of the molecule is CCNC(c1ccc2c(c1)CCC2)c1ccsc1C. The second-order valence-electron chi connectivity index (χ2n) is 5.30. The Balaban J connectivity index is 1.98. The average molecular weight is 271 g/mol. The lowest BCUT2D eigenvalue weighted by Gasteiger charge is -2.19. The Labute approximate surface area is 119 Å². The molecule has 1 heterocycles. The van der Waals surface area contributed by atoms with Gasteiger partial charge in [-0.3, -0.25) is 0 Å². The molecule has 1 aromatic carbocycles. The summed E-state index contributed by atoms with van der Waals surface area (Å²) < 4.78 is 0. The number of nitrogens with one attached hydrogen (secondary N) is 1. The van der Waals surface area contributed by atoms with E-state index in [1.807, 2.05) is 11.3 Å². The molecule has 0 saturated heterocycles. The van der Waals surface area contributed by atoms with Crippen LogP contribution in [0.25, 0.3) is 0 Å². The monoisotopic (exact) mass is 271 g/mol. The first-order chi connectivity index (χ1) is 9.29. The number of hydrogen-bond acceptors (Lipinski definition) is 2. The Bertz CT molecular complexity index is 570. The van der Waals surface area contributed by atoms with Crippen molar-refractivity contribution < 1.29 is 0 Å². The molecule has 1 atom stereocenters. The minimum absolute atomic E-state index is 0.349. The summed E-state index contributed by atoms with van der Waals surface area (Å²) in [7, 11) is 0. The van der Waals surface area contributed by atoms with E-state index in [4.69, 9.17) is 0 Å². The molecular formula is C17H21NS. The van der Waals surface area contributed by atoms with Gasteiger partial charge in [0, 0.05) is 4.88 Å². The predicted octanol–water partition coefficient (Wildman–Crippen LogP) is 4.24. The van der Waals surface area contributed by atoms with Crippen molar-refractivity contribution in [1.29, 1.82) is 0 Å². The molecule has 2 aromatic rings. The van der Waals surface area contributed by atoms with Crippen molar-refractivity contribution in [2.75, 3.05) is 6.54 Å². The lowest BCUT2D eigenvalue weighted by atomic mass is 9.96. The molecule has 1 nitrogen and oxygen atoms in total. The molecule has 0 amide bonds. The van der Waals surface area contributed by atoms with Crippen LogP contribution in [0.2, 0.25) is 0 Å². The Morgan fingerprint density at radius 3 is 2.79 bits per heavy atom. The summed E-state index contributed by atoms with van der Waals surface area (Å²) in [5.74, 6) is 0. The molecule has 1 aliphatic carbocycles. The van der Waals surface area contributed by atoms with E-state index in [2.05, 4.69) is 48.8 Å². The third-order valence-electron chi connectivity index (χ3n) is 4.07. The van der Waals surface area contributed by atoms with Crippen LogP contribution in [0.15, 0.2) is 29.6 Å². The van der Waals surface area contributed by atoms with Crippen molar-refractivity contribution in [2.45, 2.75) is 39.2 Å².